The van der Waals surface area contributed by atoms with Gasteiger partial charge in [-0.25, -0.2) is 9.69 Å². The number of hydrogen-bond donors (Lipinski definition) is 2. The van der Waals surface area contributed by atoms with E-state index >= 15 is 0 Å². The summed E-state index contributed by atoms with van der Waals surface area (Å²) in [5.41, 5.74) is 1.83. The van der Waals surface area contributed by atoms with Crippen LogP contribution < -0.4 is 10.2 Å². The molecule has 2 atom stereocenters. The lowest BCUT2D eigenvalue weighted by Gasteiger charge is -2.33. The number of rotatable bonds is 3. The molecule has 0 aliphatic carbocycles. The van der Waals surface area contributed by atoms with E-state index in [1.165, 1.54) is 22.9 Å². The molecule has 2 aliphatic heterocycles. The third kappa shape index (κ3) is 2.98. The molecule has 1 saturated heterocycles. The second-order valence-electron chi connectivity index (χ2n) is 7.03. The summed E-state index contributed by atoms with van der Waals surface area (Å²) in [7, 11) is 0. The van der Waals surface area contributed by atoms with E-state index in [0.29, 0.717) is 21.8 Å². The Bertz CT molecular complexity index is 1220. The molecule has 1 fully saturated rings. The minimum atomic E-state index is -0.528. The van der Waals surface area contributed by atoms with Gasteiger partial charge in [0.15, 0.2) is 0 Å². The fourth-order valence-electron chi connectivity index (χ4n) is 3.88. The monoisotopic (exact) mass is 437 g/mol. The van der Waals surface area contributed by atoms with Crippen molar-refractivity contribution in [1.82, 2.24) is 10.3 Å². The number of hydrogen-bond acceptors (Lipinski definition) is 5. The summed E-state index contributed by atoms with van der Waals surface area (Å²) in [6.45, 7) is -0.169. The number of nitrogens with one attached hydrogen (secondary N) is 1. The van der Waals surface area contributed by atoms with Crippen LogP contribution in [0, 0.1) is 0 Å². The van der Waals surface area contributed by atoms with Crippen LogP contribution in [0.15, 0.2) is 60.9 Å². The molecule has 1 aromatic heterocycles. The van der Waals surface area contributed by atoms with Crippen LogP contribution in [0.25, 0.3) is 15.7 Å². The van der Waals surface area contributed by atoms with Crippen molar-refractivity contribution < 1.29 is 14.7 Å². The Balaban J connectivity index is 1.52. The molecule has 150 valence electrons. The average Bonchev–Trinajstić information content (AvgIpc) is 3.17. The Morgan fingerprint density at radius 1 is 1.13 bits per heavy atom. The minimum absolute atomic E-state index is 0.169. The van der Waals surface area contributed by atoms with Crippen molar-refractivity contribution in [3.63, 3.8) is 0 Å². The molecule has 2 aromatic carbocycles. The number of fused-ring (bicyclic) bond motifs is 2. The molecule has 3 amide bonds. The number of aliphatic hydroxyl groups is 1. The van der Waals surface area contributed by atoms with Gasteiger partial charge in [0.05, 0.1) is 24.5 Å². The quantitative estimate of drug-likeness (QED) is 0.648. The first kappa shape index (κ1) is 19.1. The molecule has 3 aromatic rings. The highest BCUT2D eigenvalue weighted by molar-refractivity contribution is 8.09. The first-order valence-corrected chi connectivity index (χ1v) is 10.6. The second kappa shape index (κ2) is 7.43. The number of imide groups is 1. The number of carbonyl (C=O) groups is 2. The van der Waals surface area contributed by atoms with E-state index in [2.05, 4.69) is 10.3 Å². The zero-order valence-corrected chi connectivity index (χ0v) is 17.2. The predicted octanol–water partition coefficient (Wildman–Crippen LogP) is 3.96. The van der Waals surface area contributed by atoms with E-state index in [1.54, 1.807) is 24.4 Å². The molecule has 2 N–H and O–H groups in total. The van der Waals surface area contributed by atoms with Crippen molar-refractivity contribution in [3.8, 4) is 0 Å². The number of halogens is 1. The van der Waals surface area contributed by atoms with Gasteiger partial charge in [0.1, 0.15) is 5.25 Å². The number of aromatic nitrogens is 1. The highest BCUT2D eigenvalue weighted by atomic mass is 35.5. The number of pyridine rings is 1. The summed E-state index contributed by atoms with van der Waals surface area (Å²) in [5.74, 6) is -0.309. The average molecular weight is 438 g/mol. The number of benzene rings is 2. The fraction of sp³-hybridized carbons (Fsp3) is 0.136. The lowest BCUT2D eigenvalue weighted by atomic mass is 10.0. The second-order valence-corrected chi connectivity index (χ2v) is 8.62. The van der Waals surface area contributed by atoms with Gasteiger partial charge in [-0.15, -0.1) is 11.8 Å². The Morgan fingerprint density at radius 2 is 1.97 bits per heavy atom. The first-order chi connectivity index (χ1) is 14.6. The zero-order valence-electron chi connectivity index (χ0n) is 15.6. The number of nitrogens with zero attached hydrogens (tertiary/aromatic N) is 2. The number of carbonyl (C=O) groups excluding carboxylic acids is 2. The molecular formula is C22H16ClN3O3S. The van der Waals surface area contributed by atoms with Gasteiger partial charge in [-0.1, -0.05) is 48.0 Å². The fourth-order valence-corrected chi connectivity index (χ4v) is 5.59. The van der Waals surface area contributed by atoms with Crippen molar-refractivity contribution in [2.75, 3.05) is 4.90 Å². The van der Waals surface area contributed by atoms with E-state index in [4.69, 9.17) is 11.6 Å². The normalized spacial score (nSPS) is 20.9. The van der Waals surface area contributed by atoms with Gasteiger partial charge < -0.3 is 10.4 Å². The van der Waals surface area contributed by atoms with Crippen LogP contribution in [0.4, 0.5) is 10.5 Å². The highest BCUT2D eigenvalue weighted by Gasteiger charge is 2.46. The molecular weight excluding hydrogens is 422 g/mol. The summed E-state index contributed by atoms with van der Waals surface area (Å²) in [6.07, 6.45) is 5.07. The SMILES string of the molecule is O=C1NC2C=C(c3c(Cl)cccc3CO)SC2C(=O)N1c1cncc2ccccc12. The van der Waals surface area contributed by atoms with Gasteiger partial charge >= 0.3 is 6.03 Å². The van der Waals surface area contributed by atoms with Gasteiger partial charge in [0.2, 0.25) is 0 Å². The van der Waals surface area contributed by atoms with Crippen molar-refractivity contribution >= 4 is 56.7 Å². The van der Waals surface area contributed by atoms with Crippen molar-refractivity contribution in [2.45, 2.75) is 17.9 Å². The lowest BCUT2D eigenvalue weighted by Crippen LogP contribution is -2.60. The molecule has 2 unspecified atom stereocenters. The van der Waals surface area contributed by atoms with Crippen LogP contribution in [0.3, 0.4) is 0 Å². The van der Waals surface area contributed by atoms with E-state index in [-0.39, 0.29) is 12.5 Å². The smallest absolute Gasteiger partial charge is 0.329 e. The maximum absolute atomic E-state index is 13.4. The van der Waals surface area contributed by atoms with Crippen LogP contribution in [-0.2, 0) is 11.4 Å². The Morgan fingerprint density at radius 3 is 2.80 bits per heavy atom. The van der Waals surface area contributed by atoms with E-state index in [1.807, 2.05) is 30.3 Å². The summed E-state index contributed by atoms with van der Waals surface area (Å²) in [5, 5.41) is 14.2. The first-order valence-electron chi connectivity index (χ1n) is 9.33. The zero-order chi connectivity index (χ0) is 20.8. The standard InChI is InChI=1S/C22H16ClN3O3S/c23-15-7-3-5-13(11-27)19(15)18-8-16-20(30-18)21(28)26(22(29)25-16)17-10-24-9-12-4-1-2-6-14(12)17/h1-10,16,20,27H,11H2,(H,25,29). The minimum Gasteiger partial charge on any atom is -0.392 e. The summed E-state index contributed by atoms with van der Waals surface area (Å²) in [4.78, 5) is 32.4. The highest BCUT2D eigenvalue weighted by Crippen LogP contribution is 2.45. The van der Waals surface area contributed by atoms with Gasteiger partial charge in [-0.05, 0) is 17.7 Å². The van der Waals surface area contributed by atoms with Gasteiger partial charge in [0, 0.05) is 32.5 Å². The van der Waals surface area contributed by atoms with Crippen LogP contribution in [0.2, 0.25) is 5.02 Å². The summed E-state index contributed by atoms with van der Waals surface area (Å²) < 4.78 is 0. The largest absolute Gasteiger partial charge is 0.392 e. The molecule has 6 nitrogen and oxygen atoms in total. The number of aliphatic hydroxyl groups excluding tert-OH is 1. The van der Waals surface area contributed by atoms with E-state index in [0.717, 1.165) is 15.7 Å². The summed E-state index contributed by atoms with van der Waals surface area (Å²) in [6, 6.07) is 11.9. The van der Waals surface area contributed by atoms with Crippen molar-refractivity contribution in [3.05, 3.63) is 77.1 Å². The van der Waals surface area contributed by atoms with Crippen molar-refractivity contribution in [1.29, 1.82) is 0 Å². The summed E-state index contributed by atoms with van der Waals surface area (Å²) >= 11 is 7.73. The predicted molar refractivity (Wildman–Crippen MR) is 118 cm³/mol. The maximum Gasteiger partial charge on any atom is 0.329 e. The lowest BCUT2D eigenvalue weighted by molar-refractivity contribution is -0.118. The number of amides is 3. The van der Waals surface area contributed by atoms with Crippen LogP contribution >= 0.6 is 23.4 Å². The molecule has 3 heterocycles. The molecule has 0 bridgehead atoms. The Labute approximate surface area is 181 Å². The maximum atomic E-state index is 13.4. The molecule has 2 aliphatic rings. The topological polar surface area (TPSA) is 82.5 Å². The third-order valence-corrected chi connectivity index (χ3v) is 6.93. The Kier molecular flexibility index (Phi) is 4.73. The van der Waals surface area contributed by atoms with Gasteiger partial charge in [-0.2, -0.15) is 0 Å². The molecule has 8 heteroatoms. The molecule has 0 radical (unpaired) electrons. The third-order valence-electron chi connectivity index (χ3n) is 5.27. The van der Waals surface area contributed by atoms with Crippen LogP contribution in [-0.4, -0.2) is 33.3 Å². The number of urea groups is 1. The Hall–Kier alpha value is -2.87. The van der Waals surface area contributed by atoms with E-state index < -0.39 is 17.3 Å². The molecule has 5 rings (SSSR count). The van der Waals surface area contributed by atoms with Crippen LogP contribution in [0.5, 0.6) is 0 Å². The number of anilines is 1. The molecule has 0 saturated carbocycles. The van der Waals surface area contributed by atoms with Gasteiger partial charge in [-0.3, -0.25) is 9.78 Å². The number of thioether (sulfide) groups is 1. The molecule has 30 heavy (non-hydrogen) atoms. The van der Waals surface area contributed by atoms with E-state index in [9.17, 15) is 14.7 Å². The van der Waals surface area contributed by atoms with Crippen molar-refractivity contribution in [2.24, 2.45) is 0 Å². The van der Waals surface area contributed by atoms with Crippen LogP contribution in [0.1, 0.15) is 11.1 Å². The molecule has 0 spiro atoms. The van der Waals surface area contributed by atoms with Gasteiger partial charge in [0.25, 0.3) is 5.91 Å².